The number of nitrogens with one attached hydrogen (secondary N) is 1. The van der Waals surface area contributed by atoms with E-state index in [0.29, 0.717) is 5.56 Å². The van der Waals surface area contributed by atoms with Gasteiger partial charge in [0.05, 0.1) is 0 Å². The standard InChI is InChI=1S/C10H12N2O2/c1-7(9(11)13)12-10(14)8-5-3-2-4-6-8/h2-7H,1H3,(H2,11,13)(H,12,14)/t7-/m0/s1. The van der Waals surface area contributed by atoms with Crippen LogP contribution in [0.1, 0.15) is 17.3 Å². The number of nitrogens with two attached hydrogens (primary N) is 1. The van der Waals surface area contributed by atoms with Crippen LogP contribution in [0.5, 0.6) is 0 Å². The molecular weight excluding hydrogens is 180 g/mol. The molecule has 1 atom stereocenters. The minimum atomic E-state index is -0.650. The average molecular weight is 192 g/mol. The summed E-state index contributed by atoms with van der Waals surface area (Å²) in [6.07, 6.45) is 0. The van der Waals surface area contributed by atoms with Gasteiger partial charge in [-0.25, -0.2) is 0 Å². The number of benzene rings is 1. The van der Waals surface area contributed by atoms with Crippen molar-refractivity contribution >= 4 is 11.8 Å². The Bertz CT molecular complexity index is 335. The van der Waals surface area contributed by atoms with Gasteiger partial charge in [-0.3, -0.25) is 9.59 Å². The molecule has 1 rings (SSSR count). The maximum absolute atomic E-state index is 11.4. The van der Waals surface area contributed by atoms with Crippen LogP contribution in [0, 0.1) is 0 Å². The van der Waals surface area contributed by atoms with Crippen molar-refractivity contribution in [2.75, 3.05) is 0 Å². The third-order valence-corrected chi connectivity index (χ3v) is 1.81. The van der Waals surface area contributed by atoms with E-state index in [1.165, 1.54) is 0 Å². The SMILES string of the molecule is C[C@H](NC(=O)c1ccccc1)C(N)=O. The number of amides is 2. The highest BCUT2D eigenvalue weighted by atomic mass is 16.2. The van der Waals surface area contributed by atoms with Crippen molar-refractivity contribution < 1.29 is 9.59 Å². The van der Waals surface area contributed by atoms with E-state index in [2.05, 4.69) is 5.32 Å². The molecule has 0 unspecified atom stereocenters. The molecule has 2 amide bonds. The zero-order chi connectivity index (χ0) is 10.6. The van der Waals surface area contributed by atoms with Crippen LogP contribution in [0.3, 0.4) is 0 Å². The van der Waals surface area contributed by atoms with Crippen molar-refractivity contribution in [1.82, 2.24) is 5.32 Å². The lowest BCUT2D eigenvalue weighted by atomic mass is 10.2. The number of hydrogen-bond donors (Lipinski definition) is 2. The summed E-state index contributed by atoms with van der Waals surface area (Å²) in [6.45, 7) is 1.54. The zero-order valence-electron chi connectivity index (χ0n) is 7.86. The van der Waals surface area contributed by atoms with Crippen LogP contribution in [-0.2, 0) is 4.79 Å². The van der Waals surface area contributed by atoms with Crippen LogP contribution in [0.2, 0.25) is 0 Å². The van der Waals surface area contributed by atoms with E-state index < -0.39 is 11.9 Å². The van der Waals surface area contributed by atoms with Crippen LogP contribution >= 0.6 is 0 Å². The Morgan fingerprint density at radius 1 is 1.29 bits per heavy atom. The smallest absolute Gasteiger partial charge is 0.251 e. The lowest BCUT2D eigenvalue weighted by Crippen LogP contribution is -2.42. The molecular formula is C10H12N2O2. The molecule has 1 aromatic rings. The van der Waals surface area contributed by atoms with Gasteiger partial charge in [-0.2, -0.15) is 0 Å². The zero-order valence-corrected chi connectivity index (χ0v) is 7.86. The Kier molecular flexibility index (Phi) is 3.23. The first-order valence-corrected chi connectivity index (χ1v) is 4.26. The van der Waals surface area contributed by atoms with Gasteiger partial charge in [-0.15, -0.1) is 0 Å². The second-order valence-electron chi connectivity index (χ2n) is 2.96. The lowest BCUT2D eigenvalue weighted by molar-refractivity contribution is -0.119. The molecule has 4 nitrogen and oxygen atoms in total. The monoisotopic (exact) mass is 192 g/mol. The summed E-state index contributed by atoms with van der Waals surface area (Å²) < 4.78 is 0. The molecule has 4 heteroatoms. The maximum atomic E-state index is 11.4. The summed E-state index contributed by atoms with van der Waals surface area (Å²) in [7, 11) is 0. The Balaban J connectivity index is 2.64. The predicted molar refractivity (Wildman–Crippen MR) is 52.6 cm³/mol. The highest BCUT2D eigenvalue weighted by molar-refractivity contribution is 5.97. The summed E-state index contributed by atoms with van der Waals surface area (Å²) in [4.78, 5) is 22.1. The van der Waals surface area contributed by atoms with Crippen LogP contribution in [0.15, 0.2) is 30.3 Å². The van der Waals surface area contributed by atoms with E-state index in [0.717, 1.165) is 0 Å². The van der Waals surface area contributed by atoms with Gasteiger partial charge in [0.25, 0.3) is 5.91 Å². The second-order valence-corrected chi connectivity index (χ2v) is 2.96. The molecule has 0 spiro atoms. The van der Waals surface area contributed by atoms with Gasteiger partial charge in [0, 0.05) is 5.56 Å². The Hall–Kier alpha value is -1.84. The predicted octanol–water partition coefficient (Wildman–Crippen LogP) is 0.290. The number of primary amides is 1. The van der Waals surface area contributed by atoms with E-state index in [4.69, 9.17) is 5.73 Å². The Labute approximate surface area is 82.1 Å². The highest BCUT2D eigenvalue weighted by Crippen LogP contribution is 1.98. The van der Waals surface area contributed by atoms with Crippen LogP contribution in [0.25, 0.3) is 0 Å². The van der Waals surface area contributed by atoms with E-state index >= 15 is 0 Å². The molecule has 0 saturated heterocycles. The molecule has 0 aliphatic carbocycles. The Morgan fingerprint density at radius 2 is 1.86 bits per heavy atom. The largest absolute Gasteiger partial charge is 0.368 e. The minimum absolute atomic E-state index is 0.295. The van der Waals surface area contributed by atoms with Crippen molar-refractivity contribution in [3.8, 4) is 0 Å². The van der Waals surface area contributed by atoms with Crippen molar-refractivity contribution in [3.63, 3.8) is 0 Å². The van der Waals surface area contributed by atoms with Gasteiger partial charge in [0.2, 0.25) is 5.91 Å². The molecule has 1 aromatic carbocycles. The minimum Gasteiger partial charge on any atom is -0.368 e. The fraction of sp³-hybridized carbons (Fsp3) is 0.200. The summed E-state index contributed by atoms with van der Waals surface area (Å²) in [5.74, 6) is -0.841. The van der Waals surface area contributed by atoms with Crippen LogP contribution in [-0.4, -0.2) is 17.9 Å². The van der Waals surface area contributed by atoms with Crippen LogP contribution in [0.4, 0.5) is 0 Å². The van der Waals surface area contributed by atoms with Gasteiger partial charge < -0.3 is 11.1 Å². The van der Waals surface area contributed by atoms with Crippen molar-refractivity contribution in [3.05, 3.63) is 35.9 Å². The summed E-state index contributed by atoms with van der Waals surface area (Å²) in [5, 5.41) is 2.48. The molecule has 0 bridgehead atoms. The number of carbonyl (C=O) groups excluding carboxylic acids is 2. The molecule has 74 valence electrons. The summed E-state index contributed by atoms with van der Waals surface area (Å²) >= 11 is 0. The lowest BCUT2D eigenvalue weighted by Gasteiger charge is -2.09. The topological polar surface area (TPSA) is 72.2 Å². The van der Waals surface area contributed by atoms with Gasteiger partial charge >= 0.3 is 0 Å². The summed E-state index contributed by atoms with van der Waals surface area (Å²) in [5.41, 5.74) is 5.52. The highest BCUT2D eigenvalue weighted by Gasteiger charge is 2.12. The summed E-state index contributed by atoms with van der Waals surface area (Å²) in [6, 6.07) is 8.01. The first-order chi connectivity index (χ1) is 6.61. The third-order valence-electron chi connectivity index (χ3n) is 1.81. The molecule has 0 saturated carbocycles. The fourth-order valence-electron chi connectivity index (χ4n) is 0.941. The van der Waals surface area contributed by atoms with E-state index in [-0.39, 0.29) is 5.91 Å². The van der Waals surface area contributed by atoms with Gasteiger partial charge in [-0.1, -0.05) is 18.2 Å². The Morgan fingerprint density at radius 3 is 2.36 bits per heavy atom. The fourth-order valence-corrected chi connectivity index (χ4v) is 0.941. The maximum Gasteiger partial charge on any atom is 0.251 e. The van der Waals surface area contributed by atoms with E-state index in [1.54, 1.807) is 31.2 Å². The molecule has 0 heterocycles. The molecule has 0 aliphatic rings. The van der Waals surface area contributed by atoms with Gasteiger partial charge in [-0.05, 0) is 19.1 Å². The molecule has 14 heavy (non-hydrogen) atoms. The van der Waals surface area contributed by atoms with E-state index in [9.17, 15) is 9.59 Å². The van der Waals surface area contributed by atoms with Crippen LogP contribution < -0.4 is 11.1 Å². The van der Waals surface area contributed by atoms with E-state index in [1.807, 2.05) is 6.07 Å². The molecule has 0 radical (unpaired) electrons. The van der Waals surface area contributed by atoms with Crippen molar-refractivity contribution in [2.45, 2.75) is 13.0 Å². The number of carbonyl (C=O) groups is 2. The molecule has 0 fully saturated rings. The van der Waals surface area contributed by atoms with Crippen molar-refractivity contribution in [2.24, 2.45) is 5.73 Å². The molecule has 0 aliphatic heterocycles. The number of hydrogen-bond acceptors (Lipinski definition) is 2. The number of rotatable bonds is 3. The quantitative estimate of drug-likeness (QED) is 0.722. The first-order valence-electron chi connectivity index (χ1n) is 4.26. The third kappa shape index (κ3) is 2.58. The van der Waals surface area contributed by atoms with Gasteiger partial charge in [0.15, 0.2) is 0 Å². The van der Waals surface area contributed by atoms with Crippen molar-refractivity contribution in [1.29, 1.82) is 0 Å². The normalized spacial score (nSPS) is 11.8. The molecule has 3 N–H and O–H groups in total. The molecule has 0 aromatic heterocycles. The second kappa shape index (κ2) is 4.41. The first kappa shape index (κ1) is 10.2. The van der Waals surface area contributed by atoms with Gasteiger partial charge in [0.1, 0.15) is 6.04 Å². The average Bonchev–Trinajstić information content (AvgIpc) is 2.19.